The van der Waals surface area contributed by atoms with Crippen LogP contribution in [-0.2, 0) is 5.41 Å². The Bertz CT molecular complexity index is 513. The van der Waals surface area contributed by atoms with Gasteiger partial charge in [-0.2, -0.15) is 0 Å². The number of pyridine rings is 1. The van der Waals surface area contributed by atoms with Crippen molar-refractivity contribution < 1.29 is 4.39 Å². The zero-order chi connectivity index (χ0) is 11.2. The Labute approximate surface area is 101 Å². The third-order valence-electron chi connectivity index (χ3n) is 2.12. The standard InChI is InChI=1S/C10H11FIN3/c1-10(2,3)9-14-13-8-4-7(12)6(11)5-15(8)9/h4-5H,1-3H3. The molecule has 80 valence electrons. The van der Waals surface area contributed by atoms with Crippen LogP contribution in [0.3, 0.4) is 0 Å². The minimum atomic E-state index is -0.242. The number of aromatic nitrogens is 3. The number of nitrogens with zero attached hydrogens (tertiary/aromatic N) is 3. The van der Waals surface area contributed by atoms with E-state index in [0.29, 0.717) is 9.22 Å². The highest BCUT2D eigenvalue weighted by atomic mass is 127. The first-order valence-electron chi connectivity index (χ1n) is 4.60. The molecule has 2 heterocycles. The molecule has 0 atom stereocenters. The van der Waals surface area contributed by atoms with Gasteiger partial charge < -0.3 is 0 Å². The van der Waals surface area contributed by atoms with Crippen LogP contribution in [0, 0.1) is 9.39 Å². The molecule has 3 nitrogen and oxygen atoms in total. The van der Waals surface area contributed by atoms with Crippen LogP contribution in [0.25, 0.3) is 5.65 Å². The Morgan fingerprint density at radius 3 is 2.60 bits per heavy atom. The van der Waals surface area contributed by atoms with Gasteiger partial charge in [-0.15, -0.1) is 10.2 Å². The third-order valence-corrected chi connectivity index (χ3v) is 2.95. The van der Waals surface area contributed by atoms with Gasteiger partial charge in [0.15, 0.2) is 11.5 Å². The summed E-state index contributed by atoms with van der Waals surface area (Å²) in [4.78, 5) is 0. The topological polar surface area (TPSA) is 30.2 Å². The summed E-state index contributed by atoms with van der Waals surface area (Å²) in [5.74, 6) is 0.529. The molecule has 0 aliphatic heterocycles. The Morgan fingerprint density at radius 2 is 2.00 bits per heavy atom. The van der Waals surface area contributed by atoms with E-state index in [1.165, 1.54) is 6.20 Å². The van der Waals surface area contributed by atoms with E-state index < -0.39 is 0 Å². The smallest absolute Gasteiger partial charge is 0.162 e. The van der Waals surface area contributed by atoms with Crippen molar-refractivity contribution in [2.24, 2.45) is 0 Å². The summed E-state index contributed by atoms with van der Waals surface area (Å²) in [6, 6.07) is 1.69. The van der Waals surface area contributed by atoms with E-state index in [1.807, 2.05) is 43.4 Å². The van der Waals surface area contributed by atoms with Crippen molar-refractivity contribution in [1.82, 2.24) is 14.6 Å². The molecule has 0 radical (unpaired) electrons. The van der Waals surface area contributed by atoms with Crippen LogP contribution in [0.1, 0.15) is 26.6 Å². The molecule has 0 unspecified atom stereocenters. The van der Waals surface area contributed by atoms with Crippen LogP contribution in [0.15, 0.2) is 12.3 Å². The van der Waals surface area contributed by atoms with E-state index in [-0.39, 0.29) is 11.2 Å². The van der Waals surface area contributed by atoms with Crippen LogP contribution in [0.4, 0.5) is 4.39 Å². The SMILES string of the molecule is CC(C)(C)c1nnc2cc(I)c(F)cn12. The first-order valence-corrected chi connectivity index (χ1v) is 5.68. The Morgan fingerprint density at radius 1 is 1.33 bits per heavy atom. The molecule has 0 fully saturated rings. The second kappa shape index (κ2) is 3.40. The van der Waals surface area contributed by atoms with E-state index >= 15 is 0 Å². The van der Waals surface area contributed by atoms with Crippen molar-refractivity contribution in [1.29, 1.82) is 0 Å². The molecule has 0 bridgehead atoms. The summed E-state index contributed by atoms with van der Waals surface area (Å²) < 4.78 is 15.7. The fourth-order valence-electron chi connectivity index (χ4n) is 1.40. The Balaban J connectivity index is 2.75. The fraction of sp³-hybridized carbons (Fsp3) is 0.400. The predicted molar refractivity (Wildman–Crippen MR) is 64.4 cm³/mol. The molecule has 5 heteroatoms. The first-order chi connectivity index (χ1) is 6.89. The highest BCUT2D eigenvalue weighted by Gasteiger charge is 2.21. The number of halogens is 2. The molecule has 0 saturated carbocycles. The molecule has 0 aliphatic rings. The molecule has 0 aliphatic carbocycles. The molecule has 2 aromatic heterocycles. The molecule has 2 rings (SSSR count). The minimum Gasteiger partial charge on any atom is -0.283 e. The van der Waals surface area contributed by atoms with E-state index in [1.54, 1.807) is 10.5 Å². The number of hydrogen-bond donors (Lipinski definition) is 0. The second-order valence-corrected chi connectivity index (χ2v) is 5.63. The average Bonchev–Trinajstić information content (AvgIpc) is 2.47. The number of fused-ring (bicyclic) bond motifs is 1. The molecule has 0 amide bonds. The molecule has 2 aromatic rings. The van der Waals surface area contributed by atoms with Gasteiger partial charge in [-0.25, -0.2) is 4.39 Å². The molecular weight excluding hydrogens is 308 g/mol. The van der Waals surface area contributed by atoms with E-state index in [2.05, 4.69) is 10.2 Å². The van der Waals surface area contributed by atoms with Crippen LogP contribution >= 0.6 is 22.6 Å². The van der Waals surface area contributed by atoms with Gasteiger partial charge in [0, 0.05) is 11.6 Å². The predicted octanol–water partition coefficient (Wildman–Crippen LogP) is 2.77. The van der Waals surface area contributed by atoms with Gasteiger partial charge in [0.2, 0.25) is 0 Å². The summed E-state index contributed by atoms with van der Waals surface area (Å²) in [6.45, 7) is 6.08. The lowest BCUT2D eigenvalue weighted by molar-refractivity contribution is 0.533. The molecule has 0 N–H and O–H groups in total. The summed E-state index contributed by atoms with van der Waals surface area (Å²) >= 11 is 1.95. The van der Waals surface area contributed by atoms with Crippen LogP contribution < -0.4 is 0 Å². The summed E-state index contributed by atoms with van der Waals surface area (Å²) in [5.41, 5.74) is 0.546. The van der Waals surface area contributed by atoms with Gasteiger partial charge in [0.25, 0.3) is 0 Å². The van der Waals surface area contributed by atoms with E-state index in [4.69, 9.17) is 0 Å². The van der Waals surface area contributed by atoms with Crippen LogP contribution in [0.5, 0.6) is 0 Å². The van der Waals surface area contributed by atoms with Crippen LogP contribution in [-0.4, -0.2) is 14.6 Å². The average molecular weight is 319 g/mol. The van der Waals surface area contributed by atoms with Gasteiger partial charge in [0.1, 0.15) is 5.82 Å². The van der Waals surface area contributed by atoms with Crippen molar-refractivity contribution in [2.45, 2.75) is 26.2 Å². The normalized spacial score (nSPS) is 12.3. The quantitative estimate of drug-likeness (QED) is 0.699. The lowest BCUT2D eigenvalue weighted by Crippen LogP contribution is -2.16. The molecule has 15 heavy (non-hydrogen) atoms. The largest absolute Gasteiger partial charge is 0.283 e. The number of rotatable bonds is 0. The summed E-state index contributed by atoms with van der Waals surface area (Å²) in [7, 11) is 0. The van der Waals surface area contributed by atoms with Crippen molar-refractivity contribution in [3.8, 4) is 0 Å². The zero-order valence-corrected chi connectivity index (χ0v) is 10.9. The minimum absolute atomic E-state index is 0.140. The third kappa shape index (κ3) is 1.84. The van der Waals surface area contributed by atoms with Gasteiger partial charge >= 0.3 is 0 Å². The maximum absolute atomic E-state index is 13.4. The summed E-state index contributed by atoms with van der Waals surface area (Å²) in [6.07, 6.45) is 1.44. The van der Waals surface area contributed by atoms with Crippen molar-refractivity contribution >= 4 is 28.2 Å². The van der Waals surface area contributed by atoms with Crippen LogP contribution in [0.2, 0.25) is 0 Å². The van der Waals surface area contributed by atoms with Gasteiger partial charge in [-0.1, -0.05) is 20.8 Å². The van der Waals surface area contributed by atoms with Crippen molar-refractivity contribution in [3.63, 3.8) is 0 Å². The fourth-order valence-corrected chi connectivity index (χ4v) is 1.82. The molecule has 0 spiro atoms. The monoisotopic (exact) mass is 319 g/mol. The van der Waals surface area contributed by atoms with Gasteiger partial charge in [-0.3, -0.25) is 4.40 Å². The van der Waals surface area contributed by atoms with E-state index in [9.17, 15) is 4.39 Å². The van der Waals surface area contributed by atoms with Gasteiger partial charge in [0.05, 0.1) is 3.57 Å². The van der Waals surface area contributed by atoms with Crippen molar-refractivity contribution in [3.05, 3.63) is 27.5 Å². The Hall–Kier alpha value is -0.720. The molecular formula is C10H11FIN3. The van der Waals surface area contributed by atoms with Gasteiger partial charge in [-0.05, 0) is 28.7 Å². The molecule has 0 saturated heterocycles. The zero-order valence-electron chi connectivity index (χ0n) is 8.75. The second-order valence-electron chi connectivity index (χ2n) is 4.47. The van der Waals surface area contributed by atoms with Crippen molar-refractivity contribution in [2.75, 3.05) is 0 Å². The highest BCUT2D eigenvalue weighted by Crippen LogP contribution is 2.22. The number of hydrogen-bond acceptors (Lipinski definition) is 2. The Kier molecular flexibility index (Phi) is 2.44. The lowest BCUT2D eigenvalue weighted by atomic mass is 9.96. The highest BCUT2D eigenvalue weighted by molar-refractivity contribution is 14.1. The maximum atomic E-state index is 13.4. The maximum Gasteiger partial charge on any atom is 0.162 e. The summed E-state index contributed by atoms with van der Waals surface area (Å²) in [5, 5.41) is 8.12. The first kappa shape index (κ1) is 10.8. The molecule has 0 aromatic carbocycles. The lowest BCUT2D eigenvalue weighted by Gasteiger charge is -2.15. The van der Waals surface area contributed by atoms with E-state index in [0.717, 1.165) is 5.82 Å².